The lowest BCUT2D eigenvalue weighted by atomic mass is 9.97. The van der Waals surface area contributed by atoms with E-state index in [1.807, 2.05) is 128 Å². The number of hydrogen-bond donors (Lipinski definition) is 0. The third-order valence-corrected chi connectivity index (χ3v) is 28.5. The Morgan fingerprint density at radius 1 is 0.438 bits per heavy atom. The van der Waals surface area contributed by atoms with E-state index in [1.165, 1.54) is 50.5 Å². The first kappa shape index (κ1) is 101. The molecule has 137 heavy (non-hydrogen) atoms. The lowest BCUT2D eigenvalue weighted by molar-refractivity contribution is -0.129. The summed E-state index contributed by atoms with van der Waals surface area (Å²) in [7, 11) is -2.54. The number of amides is 3. The highest BCUT2D eigenvalue weighted by molar-refractivity contribution is 7.84. The number of halogens is 5. The van der Waals surface area contributed by atoms with Crippen LogP contribution < -0.4 is 31.8 Å². The summed E-state index contributed by atoms with van der Waals surface area (Å²) in [5, 5.41) is 2.39. The minimum atomic E-state index is -1.30. The van der Waals surface area contributed by atoms with Gasteiger partial charge in [0.25, 0.3) is 0 Å². The number of likely N-dealkylation sites (tertiary alicyclic amines) is 1. The molecular formula is C103H116Cl3F2N19O8S2. The molecule has 27 nitrogen and oxygen atoms in total. The maximum atomic E-state index is 15.3. The van der Waals surface area contributed by atoms with Crippen LogP contribution in [0.3, 0.4) is 0 Å². The molecule has 0 bridgehead atoms. The van der Waals surface area contributed by atoms with E-state index in [0.29, 0.717) is 128 Å². The highest BCUT2D eigenvalue weighted by atomic mass is 35.5. The average molecular weight is 1960 g/mol. The number of pyridine rings is 4. The van der Waals surface area contributed by atoms with E-state index in [9.17, 15) is 37.2 Å². The van der Waals surface area contributed by atoms with Crippen LogP contribution in [0.1, 0.15) is 179 Å². The topological polar surface area (TPSA) is 290 Å². The van der Waals surface area contributed by atoms with Gasteiger partial charge >= 0.3 is 17.1 Å². The number of carbonyl (C=O) groups excluding carboxylic acids is 3. The summed E-state index contributed by atoms with van der Waals surface area (Å²) in [5.41, 5.74) is 7.47. The van der Waals surface area contributed by atoms with Crippen LogP contribution in [-0.2, 0) is 42.5 Å². The molecule has 4 aliphatic rings. The first-order valence-electron chi connectivity index (χ1n) is 46.2. The van der Waals surface area contributed by atoms with Crippen molar-refractivity contribution in [3.05, 3.63) is 251 Å². The van der Waals surface area contributed by atoms with E-state index in [4.69, 9.17) is 64.7 Å². The summed E-state index contributed by atoms with van der Waals surface area (Å²) in [6, 6.07) is 29.4. The molecule has 34 heteroatoms. The highest BCUT2D eigenvalue weighted by Crippen LogP contribution is 2.44. The van der Waals surface area contributed by atoms with Crippen molar-refractivity contribution in [1.82, 2.24) is 78.2 Å². The number of anilines is 3. The summed E-state index contributed by atoms with van der Waals surface area (Å²) in [6.45, 7) is 47.9. The smallest absolute Gasteiger partial charge is 0.349 e. The molecule has 0 radical (unpaired) electrons. The first-order valence-corrected chi connectivity index (χ1v) is 50.4. The van der Waals surface area contributed by atoms with Crippen molar-refractivity contribution in [1.29, 1.82) is 0 Å². The van der Waals surface area contributed by atoms with Crippen LogP contribution in [-0.4, -0.2) is 205 Å². The van der Waals surface area contributed by atoms with Crippen LogP contribution in [0.25, 0.3) is 83.9 Å². The number of nitrogens with zero attached hydrogens (tertiary/aromatic N) is 19. The molecule has 0 saturated carbocycles. The molecule has 0 N–H and O–H groups in total. The van der Waals surface area contributed by atoms with Crippen LogP contribution in [0.2, 0.25) is 15.1 Å². The second-order valence-electron chi connectivity index (χ2n) is 37.0. The largest absolute Gasteiger partial charge is 0.355 e. The summed E-state index contributed by atoms with van der Waals surface area (Å²) in [5.74, 6) is 0.375. The standard InChI is InChI=1S/C38H46ClFN8O2.C33H35ClFN5O3S.C32H35ClN6O3S/c1-8-31(49)46-19-25(7)47(20-24(46)6)36-27-18-28(39)34(26-14-10-11-15-29(26)40)43-37(27)48(38(50)44-36)35-32(22(2)3)41-30(42-33(35)23(4)5)21-45-16-12-9-13-17-45;1-8-28(41)38-16-21(6)39(17-20(38)5)31-25-15-26(34)29(23-11-9-10-12-27(23)35)36-32(25)40(33(42)37-31)30-19(4)13-22(44(7)43)14-24(30)18(2)3;1-8-26(40)37-16-21(6)38(17-20(37)5)30-23-15-24(33)28(22-11-9-10-12-25(22)43(7)42)35-31(23)39(32(41)36-30)29-19(4)13-14-34-27(29)18(2)3/h8,10-11,14-15,18,22-25H,1,9,12-13,16-17,19-21H2,2-7H3;8-15,18,20-21H,1,16-17H2,2-7H3;8-15,18,20-21H,1,16-17H2,2-7H3/t;20?,21?,44-;/m.1./s1. The molecule has 12 heterocycles. The van der Waals surface area contributed by atoms with Gasteiger partial charge in [-0.2, -0.15) is 15.0 Å². The Bertz CT molecular complexity index is 7000. The fraction of sp³-hybridized carbons (Fsp3) is 0.388. The van der Waals surface area contributed by atoms with E-state index < -0.39 is 50.3 Å². The van der Waals surface area contributed by atoms with E-state index >= 15 is 8.78 Å². The molecule has 4 fully saturated rings. The molecule has 8 atom stereocenters. The van der Waals surface area contributed by atoms with Crippen molar-refractivity contribution in [2.24, 2.45) is 0 Å². The van der Waals surface area contributed by atoms with Crippen LogP contribution in [0.4, 0.5) is 26.2 Å². The Hall–Kier alpha value is -12.0. The van der Waals surface area contributed by atoms with E-state index in [-0.39, 0.29) is 121 Å². The normalized spacial score (nSPS) is 18.2. The molecule has 8 aromatic heterocycles. The monoisotopic (exact) mass is 1950 g/mol. The number of aryl methyl sites for hydroxylation is 2. The molecule has 16 rings (SSSR count). The molecule has 7 unspecified atom stereocenters. The van der Waals surface area contributed by atoms with Crippen LogP contribution in [0.15, 0.2) is 178 Å². The summed E-state index contributed by atoms with van der Waals surface area (Å²) >= 11 is 20.7. The summed E-state index contributed by atoms with van der Waals surface area (Å²) < 4.78 is 59.9. The van der Waals surface area contributed by atoms with Crippen LogP contribution in [0, 0.1) is 25.5 Å². The Balaban J connectivity index is 0.000000165. The number of fused-ring (bicyclic) bond motifs is 3. The van der Waals surface area contributed by atoms with Gasteiger partial charge in [0.15, 0.2) is 16.9 Å². The second kappa shape index (κ2) is 42.1. The van der Waals surface area contributed by atoms with Crippen LogP contribution in [0.5, 0.6) is 0 Å². The predicted molar refractivity (Wildman–Crippen MR) is 544 cm³/mol. The van der Waals surface area contributed by atoms with Crippen molar-refractivity contribution in [2.45, 2.75) is 206 Å². The van der Waals surface area contributed by atoms with Gasteiger partial charge in [-0.25, -0.2) is 61.8 Å². The minimum Gasteiger partial charge on any atom is -0.349 e. The van der Waals surface area contributed by atoms with Crippen molar-refractivity contribution >= 4 is 125 Å². The number of benzene rings is 4. The van der Waals surface area contributed by atoms with Gasteiger partial charge < -0.3 is 29.4 Å². The fourth-order valence-corrected chi connectivity index (χ4v) is 21.0. The van der Waals surface area contributed by atoms with Crippen molar-refractivity contribution in [3.63, 3.8) is 0 Å². The Labute approximate surface area is 816 Å². The zero-order valence-electron chi connectivity index (χ0n) is 80.6. The SMILES string of the molecule is C=CC(=O)N1CC(C)N(c2nc(=O)n(-c3c(C(C)C)nc(CN4CCCCC4)nc3C(C)C)c3nc(-c4ccccc4F)c(Cl)cc23)CC1C.C=CC(=O)N1CC(C)N(c2nc(=O)n(-c3c(C)cc([S@@](C)=O)cc3C(C)C)c3nc(-c4ccccc4F)c(Cl)cc23)CC1C.C=CC(=O)N1CC(C)N(c2nc(=O)n(-c3c(C)ccnc3C(C)C)c3nc(-c4ccccc4S(C)=O)c(Cl)cc23)CC1C. The van der Waals surface area contributed by atoms with Crippen molar-refractivity contribution in [2.75, 3.05) is 79.6 Å². The van der Waals surface area contributed by atoms with E-state index in [2.05, 4.69) is 67.3 Å². The number of piperidine rings is 1. The van der Waals surface area contributed by atoms with Gasteiger partial charge in [0, 0.05) is 132 Å². The molecule has 4 aromatic carbocycles. The number of aromatic nitrogens is 12. The Kier molecular flexibility index (Phi) is 31.0. The van der Waals surface area contributed by atoms with Gasteiger partial charge in [0.05, 0.1) is 99.8 Å². The number of carbonyl (C=O) groups is 3. The van der Waals surface area contributed by atoms with Gasteiger partial charge in [0.2, 0.25) is 17.7 Å². The third kappa shape index (κ3) is 20.4. The fourth-order valence-electron chi connectivity index (χ4n) is 18.8. The molecule has 3 amide bonds. The van der Waals surface area contributed by atoms with Gasteiger partial charge in [0.1, 0.15) is 34.9 Å². The number of hydrogen-bond acceptors (Lipinski definition) is 21. The maximum absolute atomic E-state index is 15.3. The molecule has 12 aromatic rings. The van der Waals surface area contributed by atoms with Crippen molar-refractivity contribution in [3.8, 4) is 50.8 Å². The molecular weight excluding hydrogens is 1840 g/mol. The van der Waals surface area contributed by atoms with Gasteiger partial charge in [-0.1, -0.05) is 159 Å². The van der Waals surface area contributed by atoms with E-state index in [1.54, 1.807) is 100 Å². The predicted octanol–water partition coefficient (Wildman–Crippen LogP) is 18.2. The second-order valence-corrected chi connectivity index (χ2v) is 40.9. The lowest BCUT2D eigenvalue weighted by Crippen LogP contribution is -2.58. The summed E-state index contributed by atoms with van der Waals surface area (Å²) in [4.78, 5) is 139. The minimum absolute atomic E-state index is 0.0166. The number of rotatable bonds is 20. The molecule has 718 valence electrons. The Morgan fingerprint density at radius 3 is 1.18 bits per heavy atom. The zero-order chi connectivity index (χ0) is 99.0. The average Bonchev–Trinajstić information content (AvgIpc) is 0.730. The highest BCUT2D eigenvalue weighted by Gasteiger charge is 2.40. The first-order chi connectivity index (χ1) is 65.2. The Morgan fingerprint density at radius 2 is 0.810 bits per heavy atom. The van der Waals surface area contributed by atoms with E-state index in [0.717, 1.165) is 65.5 Å². The van der Waals surface area contributed by atoms with Gasteiger partial charge in [-0.3, -0.25) is 32.7 Å². The lowest BCUT2D eigenvalue weighted by Gasteiger charge is -2.44. The molecule has 4 aliphatic heterocycles. The zero-order valence-corrected chi connectivity index (χ0v) is 84.5. The quantitative estimate of drug-likeness (QED) is 0.0640. The molecule has 0 aliphatic carbocycles. The maximum Gasteiger partial charge on any atom is 0.355 e. The van der Waals surface area contributed by atoms with Gasteiger partial charge in [-0.05, 0) is 207 Å². The number of piperazine rings is 3. The summed E-state index contributed by atoms with van der Waals surface area (Å²) in [6.07, 6.45) is 12.4. The van der Waals surface area contributed by atoms with Gasteiger partial charge in [-0.15, -0.1) is 0 Å². The van der Waals surface area contributed by atoms with Crippen molar-refractivity contribution < 1.29 is 31.6 Å². The molecule has 4 saturated heterocycles. The van der Waals surface area contributed by atoms with Crippen LogP contribution >= 0.6 is 34.8 Å². The molecule has 0 spiro atoms. The third-order valence-electron chi connectivity index (χ3n) is 25.8.